The molecule has 0 aliphatic carbocycles. The second kappa shape index (κ2) is 19.4. The van der Waals surface area contributed by atoms with Gasteiger partial charge in [0.25, 0.3) is 0 Å². The number of unbranched alkanes of at least 4 members (excludes halogenated alkanes) is 9. The fourth-order valence-electron chi connectivity index (χ4n) is 3.43. The highest BCUT2D eigenvalue weighted by Crippen LogP contribution is 2.12. The lowest BCUT2D eigenvalue weighted by Crippen LogP contribution is -2.36. The van der Waals surface area contributed by atoms with Gasteiger partial charge in [-0.25, -0.2) is 0 Å². The van der Waals surface area contributed by atoms with Crippen LogP contribution in [0.15, 0.2) is 12.2 Å². The van der Waals surface area contributed by atoms with Crippen LogP contribution in [0.3, 0.4) is 0 Å². The summed E-state index contributed by atoms with van der Waals surface area (Å²) in [5.74, 6) is -0.0883. The predicted octanol–water partition coefficient (Wildman–Crippen LogP) is 6.23. The maximum atomic E-state index is 11.9. The van der Waals surface area contributed by atoms with Gasteiger partial charge < -0.3 is 9.84 Å². The third-order valence-electron chi connectivity index (χ3n) is 5.34. The maximum Gasteiger partial charge on any atom is 0.307 e. The van der Waals surface area contributed by atoms with Crippen LogP contribution in [-0.4, -0.2) is 41.4 Å². The molecule has 4 nitrogen and oxygen atoms in total. The minimum absolute atomic E-state index is 0.0883. The summed E-state index contributed by atoms with van der Waals surface area (Å²) in [4.78, 5) is 14.0. The number of aliphatic hydroxyl groups is 1. The first-order valence-corrected chi connectivity index (χ1v) is 11.8. The van der Waals surface area contributed by atoms with Crippen molar-refractivity contribution < 1.29 is 14.6 Å². The fraction of sp³-hybridized carbons (Fsp3) is 0.875. The van der Waals surface area contributed by atoms with Gasteiger partial charge in [0, 0.05) is 6.42 Å². The second-order valence-electron chi connectivity index (χ2n) is 7.82. The smallest absolute Gasteiger partial charge is 0.307 e. The van der Waals surface area contributed by atoms with Gasteiger partial charge in [-0.15, -0.1) is 0 Å². The van der Waals surface area contributed by atoms with E-state index < -0.39 is 0 Å². The first-order chi connectivity index (χ1) is 13.5. The van der Waals surface area contributed by atoms with E-state index in [0.29, 0.717) is 6.42 Å². The van der Waals surface area contributed by atoms with Gasteiger partial charge in [0.1, 0.15) is 0 Å². The number of nitrogens with zero attached hydrogens (tertiary/aromatic N) is 1. The molecule has 2 unspecified atom stereocenters. The number of allylic oxidation sites excluding steroid dienone is 1. The zero-order chi connectivity index (χ0) is 21.0. The number of rotatable bonds is 19. The second-order valence-corrected chi connectivity index (χ2v) is 7.82. The molecule has 166 valence electrons. The summed E-state index contributed by atoms with van der Waals surface area (Å²) < 4.78 is 5.47. The number of ether oxygens (including phenoxy) is 1. The van der Waals surface area contributed by atoms with Gasteiger partial charge in [-0.1, -0.05) is 84.3 Å². The third kappa shape index (κ3) is 16.1. The Bertz CT molecular complexity index is 380. The van der Waals surface area contributed by atoms with Crippen molar-refractivity contribution in [1.82, 2.24) is 4.90 Å². The average molecular weight is 398 g/mol. The van der Waals surface area contributed by atoms with E-state index in [1.54, 1.807) is 0 Å². The molecule has 0 bridgehead atoms. The Hall–Kier alpha value is -0.870. The van der Waals surface area contributed by atoms with Crippen LogP contribution < -0.4 is 0 Å². The van der Waals surface area contributed by atoms with E-state index in [2.05, 4.69) is 31.7 Å². The van der Waals surface area contributed by atoms with Gasteiger partial charge in [0.15, 0.2) is 6.23 Å². The van der Waals surface area contributed by atoms with Crippen molar-refractivity contribution in [3.63, 3.8) is 0 Å². The molecule has 0 fully saturated rings. The van der Waals surface area contributed by atoms with E-state index in [0.717, 1.165) is 58.0 Å². The topological polar surface area (TPSA) is 49.8 Å². The third-order valence-corrected chi connectivity index (χ3v) is 5.34. The van der Waals surface area contributed by atoms with E-state index in [1.165, 1.54) is 32.1 Å². The number of carbonyl (C=O) groups is 1. The Balaban J connectivity index is 3.54. The first kappa shape index (κ1) is 27.1. The van der Waals surface area contributed by atoms with Crippen LogP contribution in [0.5, 0.6) is 0 Å². The maximum absolute atomic E-state index is 11.9. The Morgan fingerprint density at radius 1 is 0.929 bits per heavy atom. The molecule has 0 aliphatic rings. The molecule has 0 rings (SSSR count). The lowest BCUT2D eigenvalue weighted by Gasteiger charge is -2.25. The SMILES string of the molecule is CCCCCCC/C=C/C(O)CCCCCCCC(=O)OC(C)N(CC)CC. The summed E-state index contributed by atoms with van der Waals surface area (Å²) in [7, 11) is 0. The Labute approximate surface area is 174 Å². The van der Waals surface area contributed by atoms with Gasteiger partial charge in [-0.3, -0.25) is 9.69 Å². The van der Waals surface area contributed by atoms with Crippen LogP contribution in [0.4, 0.5) is 0 Å². The van der Waals surface area contributed by atoms with Crippen molar-refractivity contribution in [3.8, 4) is 0 Å². The molecular formula is C24H47NO3. The molecule has 0 aliphatic heterocycles. The van der Waals surface area contributed by atoms with E-state index in [1.807, 2.05) is 13.0 Å². The van der Waals surface area contributed by atoms with E-state index in [-0.39, 0.29) is 18.3 Å². The Morgan fingerprint density at radius 2 is 1.54 bits per heavy atom. The molecule has 0 aromatic heterocycles. The molecule has 0 radical (unpaired) electrons. The average Bonchev–Trinajstić information content (AvgIpc) is 2.67. The molecule has 2 atom stereocenters. The van der Waals surface area contributed by atoms with Crippen molar-refractivity contribution in [2.45, 2.75) is 123 Å². The predicted molar refractivity (Wildman–Crippen MR) is 119 cm³/mol. The molecule has 4 heteroatoms. The zero-order valence-corrected chi connectivity index (χ0v) is 19.1. The van der Waals surface area contributed by atoms with E-state index in [4.69, 9.17) is 4.74 Å². The Morgan fingerprint density at radius 3 is 2.21 bits per heavy atom. The minimum atomic E-state index is -0.299. The number of hydrogen-bond acceptors (Lipinski definition) is 4. The highest BCUT2D eigenvalue weighted by Gasteiger charge is 2.14. The normalized spacial score (nSPS) is 13.9. The molecule has 0 heterocycles. The molecule has 0 aromatic rings. The summed E-state index contributed by atoms with van der Waals surface area (Å²) in [5, 5.41) is 9.98. The standard InChI is InChI=1S/C24H47NO3/c1-5-8-9-10-11-13-16-19-23(26)20-17-14-12-15-18-21-24(27)28-22(4)25(6-2)7-3/h16,19,22-23,26H,5-15,17-18,20-21H2,1-4H3/b19-16+. The molecule has 0 spiro atoms. The molecule has 28 heavy (non-hydrogen) atoms. The summed E-state index contributed by atoms with van der Waals surface area (Å²) in [6.07, 6.45) is 17.8. The molecule has 0 amide bonds. The monoisotopic (exact) mass is 397 g/mol. The van der Waals surface area contributed by atoms with Crippen molar-refractivity contribution in [3.05, 3.63) is 12.2 Å². The quantitative estimate of drug-likeness (QED) is 0.122. The van der Waals surface area contributed by atoms with Crippen molar-refractivity contribution >= 4 is 5.97 Å². The number of esters is 1. The lowest BCUT2D eigenvalue weighted by atomic mass is 10.1. The summed E-state index contributed by atoms with van der Waals surface area (Å²) >= 11 is 0. The van der Waals surface area contributed by atoms with Gasteiger partial charge >= 0.3 is 5.97 Å². The van der Waals surface area contributed by atoms with Gasteiger partial charge in [-0.05, 0) is 45.7 Å². The summed E-state index contributed by atoms with van der Waals surface area (Å²) in [5.41, 5.74) is 0. The van der Waals surface area contributed by atoms with Crippen molar-refractivity contribution in [2.75, 3.05) is 13.1 Å². The molecular weight excluding hydrogens is 350 g/mol. The number of aliphatic hydroxyl groups excluding tert-OH is 1. The van der Waals surface area contributed by atoms with Crippen LogP contribution in [0.25, 0.3) is 0 Å². The van der Waals surface area contributed by atoms with Crippen LogP contribution in [0.2, 0.25) is 0 Å². The van der Waals surface area contributed by atoms with Gasteiger partial charge in [0.2, 0.25) is 0 Å². The highest BCUT2D eigenvalue weighted by molar-refractivity contribution is 5.69. The summed E-state index contributed by atoms with van der Waals surface area (Å²) in [6.45, 7) is 10.1. The zero-order valence-electron chi connectivity index (χ0n) is 19.1. The minimum Gasteiger partial charge on any atom is -0.447 e. The van der Waals surface area contributed by atoms with Crippen molar-refractivity contribution in [2.24, 2.45) is 0 Å². The number of hydrogen-bond donors (Lipinski definition) is 1. The molecule has 0 saturated carbocycles. The molecule has 0 aromatic carbocycles. The van der Waals surface area contributed by atoms with Crippen LogP contribution in [-0.2, 0) is 9.53 Å². The van der Waals surface area contributed by atoms with E-state index in [9.17, 15) is 9.90 Å². The summed E-state index contributed by atoms with van der Waals surface area (Å²) in [6, 6.07) is 0. The molecule has 0 saturated heterocycles. The largest absolute Gasteiger partial charge is 0.447 e. The van der Waals surface area contributed by atoms with Crippen molar-refractivity contribution in [1.29, 1.82) is 0 Å². The van der Waals surface area contributed by atoms with Gasteiger partial charge in [0.05, 0.1) is 6.10 Å². The number of carbonyl (C=O) groups excluding carboxylic acids is 1. The molecule has 1 N–H and O–H groups in total. The van der Waals surface area contributed by atoms with Crippen LogP contribution in [0, 0.1) is 0 Å². The fourth-order valence-corrected chi connectivity index (χ4v) is 3.43. The van der Waals surface area contributed by atoms with Crippen LogP contribution in [0.1, 0.15) is 111 Å². The highest BCUT2D eigenvalue weighted by atomic mass is 16.6. The lowest BCUT2D eigenvalue weighted by molar-refractivity contribution is -0.157. The van der Waals surface area contributed by atoms with Crippen LogP contribution >= 0.6 is 0 Å². The van der Waals surface area contributed by atoms with E-state index >= 15 is 0 Å². The first-order valence-electron chi connectivity index (χ1n) is 11.8. The Kier molecular flexibility index (Phi) is 18.8. The van der Waals surface area contributed by atoms with Gasteiger partial charge in [-0.2, -0.15) is 0 Å².